The van der Waals surface area contributed by atoms with Crippen molar-refractivity contribution in [3.63, 3.8) is 0 Å². The van der Waals surface area contributed by atoms with Crippen molar-refractivity contribution in [1.29, 1.82) is 0 Å². The second-order valence-corrected chi connectivity index (χ2v) is 16.4. The van der Waals surface area contributed by atoms with E-state index in [1.54, 1.807) is 72.8 Å². The van der Waals surface area contributed by atoms with Gasteiger partial charge in [-0.15, -0.1) is 0 Å². The van der Waals surface area contributed by atoms with Crippen LogP contribution in [0, 0.1) is 0 Å². The van der Waals surface area contributed by atoms with Crippen LogP contribution in [-0.2, 0) is 28.2 Å². The highest BCUT2D eigenvalue weighted by atomic mass is 16.5. The zero-order valence-electron chi connectivity index (χ0n) is 35.1. The van der Waals surface area contributed by atoms with E-state index in [-0.39, 0.29) is 52.9 Å². The molecule has 5 aromatic carbocycles. The number of aliphatic hydroxyl groups excluding tert-OH is 1. The number of hydrogen-bond donors (Lipinski definition) is 6. The van der Waals surface area contributed by atoms with Crippen LogP contribution in [-0.4, -0.2) is 104 Å². The number of amides is 2. The van der Waals surface area contributed by atoms with Crippen LogP contribution in [0.25, 0.3) is 10.9 Å². The highest BCUT2D eigenvalue weighted by Crippen LogP contribution is 2.34. The van der Waals surface area contributed by atoms with E-state index < -0.39 is 23.3 Å². The van der Waals surface area contributed by atoms with Crippen molar-refractivity contribution in [1.82, 2.24) is 20.1 Å². The van der Waals surface area contributed by atoms with E-state index in [2.05, 4.69) is 10.3 Å². The number of likely N-dealkylation sites (tertiary alicyclic amines) is 1. The van der Waals surface area contributed by atoms with Crippen LogP contribution < -0.4 is 15.6 Å². The molecular weight excluding hydrogens is 817 g/mol. The van der Waals surface area contributed by atoms with Gasteiger partial charge in [0.1, 0.15) is 18.1 Å². The number of H-pyrrole nitrogens is 1. The number of carbonyl (C=O) groups is 3. The minimum atomic E-state index is -2.25. The third-order valence-corrected chi connectivity index (χ3v) is 12.3. The average molecular weight is 867 g/mol. The first-order valence-electron chi connectivity index (χ1n) is 21.3. The summed E-state index contributed by atoms with van der Waals surface area (Å²) in [5, 5.41) is 46.0. The number of aromatic amines is 1. The van der Waals surface area contributed by atoms with Gasteiger partial charge < -0.3 is 50.0 Å². The normalized spacial score (nSPS) is 16.3. The predicted octanol–water partition coefficient (Wildman–Crippen LogP) is 5.15. The molecule has 2 atom stereocenters. The second-order valence-electron chi connectivity index (χ2n) is 16.4. The van der Waals surface area contributed by atoms with E-state index in [1.165, 1.54) is 18.2 Å². The topological polar surface area (TPSA) is 202 Å². The van der Waals surface area contributed by atoms with Gasteiger partial charge in [-0.1, -0.05) is 72.8 Å². The van der Waals surface area contributed by atoms with E-state index in [0.717, 1.165) is 11.1 Å². The largest absolute Gasteiger partial charge is 0.506 e. The number of carboxylic acids is 1. The summed E-state index contributed by atoms with van der Waals surface area (Å²) in [6.07, 6.45) is 1.02. The first kappa shape index (κ1) is 43.8. The smallest absolute Gasteiger partial charge is 0.345 e. The standard InChI is InChI=1S/C50H50N4O10/c55-42-19-17-40(41-18-20-44(57)52-45(41)42)43(56)30-51-24-21-33-9-13-35(14-10-33)46(58)53-25-22-49(23-26-53)32-54(27-28-64-49)47(59)36-15-11-34(12-16-36)31-63-39-8-4-7-38(29-39)50(62,48(60)61)37-5-2-1-3-6-37/h1-20,29,43,51,55-56,62H,21-28,30-32H2,(H,52,57)(H,60,61)/t43-,50-/m0/s1. The molecule has 1 spiro atoms. The fourth-order valence-corrected chi connectivity index (χ4v) is 8.56. The van der Waals surface area contributed by atoms with Crippen molar-refractivity contribution in [2.75, 3.05) is 45.9 Å². The van der Waals surface area contributed by atoms with Crippen molar-refractivity contribution in [3.8, 4) is 11.5 Å². The summed E-state index contributed by atoms with van der Waals surface area (Å²) in [6.45, 7) is 3.30. The number of ether oxygens (including phenoxy) is 2. The number of carbonyl (C=O) groups excluding carboxylic acids is 2. The van der Waals surface area contributed by atoms with Gasteiger partial charge >= 0.3 is 5.97 Å². The minimum Gasteiger partial charge on any atom is -0.506 e. The Balaban J connectivity index is 0.791. The van der Waals surface area contributed by atoms with Crippen LogP contribution in [0.1, 0.15) is 67.5 Å². The molecular formula is C50H50N4O10. The summed E-state index contributed by atoms with van der Waals surface area (Å²) in [4.78, 5) is 57.5. The second kappa shape index (κ2) is 18.9. The first-order valence-corrected chi connectivity index (χ1v) is 21.3. The van der Waals surface area contributed by atoms with Crippen molar-refractivity contribution in [3.05, 3.63) is 177 Å². The van der Waals surface area contributed by atoms with E-state index in [0.29, 0.717) is 86.4 Å². The highest BCUT2D eigenvalue weighted by molar-refractivity contribution is 5.95. The van der Waals surface area contributed by atoms with Gasteiger partial charge in [0.15, 0.2) is 0 Å². The molecule has 14 nitrogen and oxygen atoms in total. The maximum Gasteiger partial charge on any atom is 0.345 e. The molecule has 14 heteroatoms. The number of nitrogens with one attached hydrogen (secondary N) is 2. The van der Waals surface area contributed by atoms with Gasteiger partial charge in [-0.25, -0.2) is 4.79 Å². The molecule has 2 aliphatic rings. The average Bonchev–Trinajstić information content (AvgIpc) is 3.32. The molecule has 0 aliphatic carbocycles. The number of pyridine rings is 1. The fourth-order valence-electron chi connectivity index (χ4n) is 8.56. The van der Waals surface area contributed by atoms with Crippen LogP contribution in [0.15, 0.2) is 132 Å². The van der Waals surface area contributed by atoms with E-state index in [1.807, 2.05) is 46.2 Å². The molecule has 2 aliphatic heterocycles. The quantitative estimate of drug-likeness (QED) is 0.0792. The molecule has 2 fully saturated rings. The van der Waals surface area contributed by atoms with Gasteiger partial charge in [0, 0.05) is 54.3 Å². The zero-order chi connectivity index (χ0) is 44.8. The van der Waals surface area contributed by atoms with Crippen LogP contribution in [0.3, 0.4) is 0 Å². The lowest BCUT2D eigenvalue weighted by Gasteiger charge is -2.47. The predicted molar refractivity (Wildman–Crippen MR) is 238 cm³/mol. The molecule has 330 valence electrons. The summed E-state index contributed by atoms with van der Waals surface area (Å²) in [6, 6.07) is 35.3. The summed E-state index contributed by atoms with van der Waals surface area (Å²) >= 11 is 0. The highest BCUT2D eigenvalue weighted by Gasteiger charge is 2.42. The van der Waals surface area contributed by atoms with Crippen molar-refractivity contribution in [2.45, 2.75) is 43.2 Å². The Kier molecular flexibility index (Phi) is 12.9. The monoisotopic (exact) mass is 866 g/mol. The Morgan fingerprint density at radius 1 is 0.797 bits per heavy atom. The van der Waals surface area contributed by atoms with Crippen LogP contribution in [0.4, 0.5) is 0 Å². The number of morpholine rings is 1. The fraction of sp³-hybridized carbons (Fsp3) is 0.280. The lowest BCUT2D eigenvalue weighted by atomic mass is 9.86. The molecule has 6 N–H and O–H groups in total. The molecule has 2 amide bonds. The van der Waals surface area contributed by atoms with Crippen LogP contribution in [0.5, 0.6) is 11.5 Å². The number of piperidine rings is 1. The van der Waals surface area contributed by atoms with Crippen LogP contribution >= 0.6 is 0 Å². The van der Waals surface area contributed by atoms with Gasteiger partial charge in [-0.3, -0.25) is 14.4 Å². The Bertz CT molecular complexity index is 2680. The maximum atomic E-state index is 13.7. The van der Waals surface area contributed by atoms with Crippen molar-refractivity contribution in [2.24, 2.45) is 0 Å². The number of hydrogen-bond acceptors (Lipinski definition) is 10. The number of nitrogens with zero attached hydrogens (tertiary/aromatic N) is 2. The van der Waals surface area contributed by atoms with Crippen molar-refractivity contribution < 1.29 is 44.3 Å². The number of aliphatic hydroxyl groups is 2. The molecule has 2 saturated heterocycles. The summed E-state index contributed by atoms with van der Waals surface area (Å²) in [7, 11) is 0. The van der Waals surface area contributed by atoms with E-state index in [4.69, 9.17) is 9.47 Å². The Morgan fingerprint density at radius 3 is 2.17 bits per heavy atom. The molecule has 64 heavy (non-hydrogen) atoms. The van der Waals surface area contributed by atoms with Gasteiger partial charge in [-0.2, -0.15) is 0 Å². The van der Waals surface area contributed by atoms with Gasteiger partial charge in [0.2, 0.25) is 11.2 Å². The molecule has 8 rings (SSSR count). The molecule has 0 bridgehead atoms. The maximum absolute atomic E-state index is 13.7. The van der Waals surface area contributed by atoms with Gasteiger partial charge in [0.05, 0.1) is 30.4 Å². The van der Waals surface area contributed by atoms with Gasteiger partial charge in [0.25, 0.3) is 11.8 Å². The molecule has 3 heterocycles. The summed E-state index contributed by atoms with van der Waals surface area (Å²) in [5.74, 6) is -1.23. The van der Waals surface area contributed by atoms with E-state index in [9.17, 15) is 39.6 Å². The Hall–Kier alpha value is -6.84. The first-order chi connectivity index (χ1) is 30.9. The minimum absolute atomic E-state index is 0.0559. The van der Waals surface area contributed by atoms with E-state index >= 15 is 0 Å². The summed E-state index contributed by atoms with van der Waals surface area (Å²) in [5.41, 5.74) is 1.11. The number of benzene rings is 5. The third kappa shape index (κ3) is 9.41. The number of phenolic OH excluding ortho intramolecular Hbond substituents is 1. The number of aromatic nitrogens is 1. The molecule has 0 saturated carbocycles. The van der Waals surface area contributed by atoms with Crippen LogP contribution in [0.2, 0.25) is 0 Å². The Morgan fingerprint density at radius 2 is 1.47 bits per heavy atom. The Labute approximate surface area is 369 Å². The van der Waals surface area contributed by atoms with Gasteiger partial charge in [-0.05, 0) is 96.6 Å². The number of aliphatic carboxylic acids is 1. The number of fused-ring (bicyclic) bond motifs is 1. The SMILES string of the molecule is O=C(c1ccc(CCNC[C@H](O)c2ccc(O)c3[nH]c(=O)ccc23)cc1)N1CCC2(CC1)CN(C(=O)c1ccc(COc3cccc([C@](O)(C(=O)O)c4ccccc4)c3)cc1)CCO2. The molecule has 0 radical (unpaired) electrons. The number of phenols is 1. The molecule has 1 aromatic heterocycles. The zero-order valence-corrected chi connectivity index (χ0v) is 35.1. The summed E-state index contributed by atoms with van der Waals surface area (Å²) < 4.78 is 12.3. The number of aromatic hydroxyl groups is 1. The number of carboxylic acid groups (broad SMARTS) is 1. The number of rotatable bonds is 14. The lowest BCUT2D eigenvalue weighted by molar-refractivity contribution is -0.155. The lowest BCUT2D eigenvalue weighted by Crippen LogP contribution is -2.58. The molecule has 6 aromatic rings. The molecule has 0 unspecified atom stereocenters. The van der Waals surface area contributed by atoms with Crippen molar-refractivity contribution >= 4 is 28.7 Å². The third-order valence-electron chi connectivity index (χ3n) is 12.3.